The van der Waals surface area contributed by atoms with Crippen molar-refractivity contribution in [2.45, 2.75) is 13.1 Å². The van der Waals surface area contributed by atoms with E-state index in [1.807, 2.05) is 0 Å². The van der Waals surface area contributed by atoms with E-state index in [2.05, 4.69) is 16.8 Å². The highest BCUT2D eigenvalue weighted by atomic mass is 16.5. The minimum atomic E-state index is -0.315. The Bertz CT molecular complexity index is 881. The molecule has 8 nitrogen and oxygen atoms in total. The molecule has 1 aliphatic heterocycles. The number of anilines is 1. The molecule has 2 aromatic rings. The summed E-state index contributed by atoms with van der Waals surface area (Å²) in [5.74, 6) is 0. The Kier molecular flexibility index (Phi) is 5.75. The van der Waals surface area contributed by atoms with Gasteiger partial charge in [-0.3, -0.25) is 18.8 Å². The molecule has 1 fully saturated rings. The molecule has 0 amide bonds. The first-order chi connectivity index (χ1) is 12.5. The molecule has 2 heterocycles. The lowest BCUT2D eigenvalue weighted by Gasteiger charge is -2.32. The summed E-state index contributed by atoms with van der Waals surface area (Å²) in [6.45, 7) is 5.87. The fourth-order valence-electron chi connectivity index (χ4n) is 3.35. The van der Waals surface area contributed by atoms with Gasteiger partial charge in [0.05, 0.1) is 24.1 Å². The van der Waals surface area contributed by atoms with Crippen molar-refractivity contribution in [3.05, 3.63) is 39.0 Å². The van der Waals surface area contributed by atoms with Crippen molar-refractivity contribution in [1.82, 2.24) is 18.9 Å². The fourth-order valence-corrected chi connectivity index (χ4v) is 3.35. The first-order valence-corrected chi connectivity index (χ1v) is 8.94. The molecule has 0 aliphatic carbocycles. The van der Waals surface area contributed by atoms with Crippen LogP contribution in [0.2, 0.25) is 0 Å². The van der Waals surface area contributed by atoms with E-state index >= 15 is 0 Å². The number of ether oxygens (including phenoxy) is 1. The summed E-state index contributed by atoms with van der Waals surface area (Å²) in [6.07, 6.45) is 0. The molecule has 26 heavy (non-hydrogen) atoms. The van der Waals surface area contributed by atoms with Crippen molar-refractivity contribution >= 4 is 16.6 Å². The molecule has 0 spiro atoms. The summed E-state index contributed by atoms with van der Waals surface area (Å²) in [5, 5.41) is 0.471. The van der Waals surface area contributed by atoms with Crippen LogP contribution >= 0.6 is 0 Å². The largest absolute Gasteiger partial charge is 0.399 e. The maximum atomic E-state index is 12.9. The van der Waals surface area contributed by atoms with E-state index in [1.54, 1.807) is 29.9 Å². The third-order valence-electron chi connectivity index (χ3n) is 5.00. The van der Waals surface area contributed by atoms with Gasteiger partial charge < -0.3 is 15.4 Å². The number of piperazine rings is 1. The predicted molar refractivity (Wildman–Crippen MR) is 103 cm³/mol. The zero-order valence-electron chi connectivity index (χ0n) is 15.5. The number of hydrogen-bond acceptors (Lipinski definition) is 6. The monoisotopic (exact) mass is 361 g/mol. The summed E-state index contributed by atoms with van der Waals surface area (Å²) in [5.41, 5.74) is 6.40. The van der Waals surface area contributed by atoms with Crippen LogP contribution in [0.3, 0.4) is 0 Å². The third kappa shape index (κ3) is 3.82. The zero-order chi connectivity index (χ0) is 18.7. The Hall–Kier alpha value is -2.16. The Morgan fingerprint density at radius 1 is 1.04 bits per heavy atom. The quantitative estimate of drug-likeness (QED) is 0.707. The van der Waals surface area contributed by atoms with E-state index < -0.39 is 0 Å². The Balaban J connectivity index is 1.97. The van der Waals surface area contributed by atoms with E-state index in [-0.39, 0.29) is 17.8 Å². The molecule has 0 radical (unpaired) electrons. The second-order valence-corrected chi connectivity index (χ2v) is 6.81. The Morgan fingerprint density at radius 3 is 2.46 bits per heavy atom. The zero-order valence-corrected chi connectivity index (χ0v) is 15.5. The van der Waals surface area contributed by atoms with Gasteiger partial charge in [0.1, 0.15) is 0 Å². The first-order valence-electron chi connectivity index (χ1n) is 8.94. The third-order valence-corrected chi connectivity index (χ3v) is 5.00. The van der Waals surface area contributed by atoms with E-state index in [4.69, 9.17) is 10.5 Å². The summed E-state index contributed by atoms with van der Waals surface area (Å²) < 4.78 is 7.98. The van der Waals surface area contributed by atoms with Gasteiger partial charge in [-0.15, -0.1) is 0 Å². The second kappa shape index (κ2) is 8.03. The number of aromatic nitrogens is 2. The fraction of sp³-hybridized carbons (Fsp3) is 0.556. The lowest BCUT2D eigenvalue weighted by atomic mass is 10.2. The number of nitrogen functional groups attached to an aromatic ring is 1. The lowest BCUT2D eigenvalue weighted by Crippen LogP contribution is -2.47. The molecule has 1 aliphatic rings. The van der Waals surface area contributed by atoms with Crippen LogP contribution in [0.1, 0.15) is 0 Å². The van der Waals surface area contributed by atoms with Gasteiger partial charge in [-0.2, -0.15) is 0 Å². The maximum absolute atomic E-state index is 12.9. The van der Waals surface area contributed by atoms with Crippen LogP contribution in [-0.4, -0.2) is 72.4 Å². The average molecular weight is 361 g/mol. The SMILES string of the molecule is COCCn1c(=O)c2cc(N)ccc2n(CCN2CCN(C)CC2)c1=O. The minimum absolute atomic E-state index is 0.230. The summed E-state index contributed by atoms with van der Waals surface area (Å²) in [6, 6.07) is 5.14. The minimum Gasteiger partial charge on any atom is -0.399 e. The van der Waals surface area contributed by atoms with E-state index in [0.717, 1.165) is 32.7 Å². The van der Waals surface area contributed by atoms with Crippen LogP contribution < -0.4 is 17.0 Å². The molecule has 0 saturated carbocycles. The first kappa shape index (κ1) is 18.6. The molecule has 1 saturated heterocycles. The summed E-state index contributed by atoms with van der Waals surface area (Å²) in [4.78, 5) is 30.3. The number of nitrogens with zero attached hydrogens (tertiary/aromatic N) is 4. The number of nitrogens with two attached hydrogens (primary N) is 1. The molecule has 0 unspecified atom stereocenters. The highest BCUT2D eigenvalue weighted by Gasteiger charge is 2.16. The van der Waals surface area contributed by atoms with Crippen LogP contribution in [0.4, 0.5) is 5.69 Å². The van der Waals surface area contributed by atoms with Gasteiger partial charge in [-0.05, 0) is 25.2 Å². The van der Waals surface area contributed by atoms with Gasteiger partial charge >= 0.3 is 5.69 Å². The van der Waals surface area contributed by atoms with Gasteiger partial charge in [0.15, 0.2) is 0 Å². The van der Waals surface area contributed by atoms with Crippen molar-refractivity contribution in [2.24, 2.45) is 0 Å². The Labute approximate surface area is 152 Å². The highest BCUT2D eigenvalue weighted by Crippen LogP contribution is 2.13. The highest BCUT2D eigenvalue weighted by molar-refractivity contribution is 5.81. The molecule has 1 aromatic heterocycles. The van der Waals surface area contributed by atoms with Gasteiger partial charge in [0.2, 0.25) is 0 Å². The van der Waals surface area contributed by atoms with Gasteiger partial charge in [0, 0.05) is 52.1 Å². The molecule has 0 atom stereocenters. The maximum Gasteiger partial charge on any atom is 0.331 e. The van der Waals surface area contributed by atoms with Crippen molar-refractivity contribution < 1.29 is 4.74 Å². The molecule has 2 N–H and O–H groups in total. The molecule has 142 valence electrons. The lowest BCUT2D eigenvalue weighted by molar-refractivity contribution is 0.149. The van der Waals surface area contributed by atoms with Gasteiger partial charge in [-0.1, -0.05) is 0 Å². The van der Waals surface area contributed by atoms with Crippen LogP contribution in [0.5, 0.6) is 0 Å². The molecule has 8 heteroatoms. The van der Waals surface area contributed by atoms with Crippen LogP contribution in [0.15, 0.2) is 27.8 Å². The van der Waals surface area contributed by atoms with Crippen molar-refractivity contribution in [1.29, 1.82) is 0 Å². The molecule has 3 rings (SSSR count). The van der Waals surface area contributed by atoms with Gasteiger partial charge in [-0.25, -0.2) is 4.79 Å². The van der Waals surface area contributed by atoms with Crippen LogP contribution in [0.25, 0.3) is 10.9 Å². The van der Waals surface area contributed by atoms with Crippen LogP contribution in [-0.2, 0) is 17.8 Å². The normalized spacial score (nSPS) is 16.4. The van der Waals surface area contributed by atoms with Crippen LogP contribution in [0, 0.1) is 0 Å². The van der Waals surface area contributed by atoms with E-state index in [0.29, 0.717) is 29.7 Å². The number of benzene rings is 1. The predicted octanol–water partition coefficient (Wildman–Crippen LogP) is -0.361. The number of rotatable bonds is 6. The molecule has 1 aromatic carbocycles. The molecule has 0 bridgehead atoms. The van der Waals surface area contributed by atoms with E-state index in [9.17, 15) is 9.59 Å². The van der Waals surface area contributed by atoms with Crippen molar-refractivity contribution in [2.75, 3.05) is 59.2 Å². The molecular formula is C18H27N5O3. The topological polar surface area (TPSA) is 85.7 Å². The summed E-state index contributed by atoms with van der Waals surface area (Å²) >= 11 is 0. The van der Waals surface area contributed by atoms with E-state index in [1.165, 1.54) is 4.57 Å². The van der Waals surface area contributed by atoms with Crippen molar-refractivity contribution in [3.8, 4) is 0 Å². The number of methoxy groups -OCH3 is 1. The standard InChI is InChI=1S/C18H27N5O3/c1-20-5-7-21(8-6-20)9-10-22-16-4-3-14(19)13-15(16)17(24)23(18(22)25)11-12-26-2/h3-4,13H,5-12,19H2,1-2H3. The molecular weight excluding hydrogens is 334 g/mol. The summed E-state index contributed by atoms with van der Waals surface area (Å²) in [7, 11) is 3.67. The number of fused-ring (bicyclic) bond motifs is 1. The van der Waals surface area contributed by atoms with Crippen molar-refractivity contribution in [3.63, 3.8) is 0 Å². The van der Waals surface area contributed by atoms with Gasteiger partial charge in [0.25, 0.3) is 5.56 Å². The Morgan fingerprint density at radius 2 is 1.77 bits per heavy atom. The average Bonchev–Trinajstić information content (AvgIpc) is 2.63. The smallest absolute Gasteiger partial charge is 0.331 e. The second-order valence-electron chi connectivity index (χ2n) is 6.81. The number of hydrogen-bond donors (Lipinski definition) is 1. The number of likely N-dealkylation sites (N-methyl/N-ethyl adjacent to an activating group) is 1.